The van der Waals surface area contributed by atoms with Crippen LogP contribution in [0.15, 0.2) is 54.6 Å². The molecule has 0 unspecified atom stereocenters. The number of hydrogen-bond acceptors (Lipinski definition) is 2. The minimum atomic E-state index is 0.0978. The van der Waals surface area contributed by atoms with Gasteiger partial charge in [0.25, 0.3) is 5.91 Å². The van der Waals surface area contributed by atoms with Gasteiger partial charge < -0.3 is 4.90 Å². The van der Waals surface area contributed by atoms with E-state index in [0.29, 0.717) is 0 Å². The van der Waals surface area contributed by atoms with E-state index >= 15 is 0 Å². The Hall–Kier alpha value is -2.68. The Morgan fingerprint density at radius 3 is 2.27 bits per heavy atom. The molecule has 0 aliphatic rings. The maximum atomic E-state index is 13.3. The minimum Gasteiger partial charge on any atom is -0.339 e. The van der Waals surface area contributed by atoms with Crippen molar-refractivity contribution >= 4 is 16.8 Å². The Labute approximate surface area is 155 Å². The summed E-state index contributed by atoms with van der Waals surface area (Å²) in [6.07, 6.45) is 1.92. The first kappa shape index (κ1) is 18.1. The summed E-state index contributed by atoms with van der Waals surface area (Å²) >= 11 is 0. The molecule has 0 saturated heterocycles. The van der Waals surface area contributed by atoms with Gasteiger partial charge in [0, 0.05) is 24.0 Å². The van der Waals surface area contributed by atoms with Gasteiger partial charge in [0.1, 0.15) is 0 Å². The standard InChI is InChI=1S/C23H26N2O/c1-4-14-25(15-5-2)23(26)20-16-22(18-12-10-17(3)11-13-18)24-21-9-7-6-8-19(20)21/h6-13,16H,4-5,14-15H2,1-3H3. The zero-order valence-corrected chi connectivity index (χ0v) is 15.8. The van der Waals surface area contributed by atoms with Crippen LogP contribution in [0.5, 0.6) is 0 Å². The van der Waals surface area contributed by atoms with Crippen molar-refractivity contribution in [3.63, 3.8) is 0 Å². The molecule has 3 nitrogen and oxygen atoms in total. The van der Waals surface area contributed by atoms with Crippen molar-refractivity contribution in [2.45, 2.75) is 33.6 Å². The Balaban J connectivity index is 2.13. The Kier molecular flexibility index (Phi) is 5.67. The Morgan fingerprint density at radius 1 is 0.962 bits per heavy atom. The van der Waals surface area contributed by atoms with Gasteiger partial charge in [-0.05, 0) is 31.9 Å². The van der Waals surface area contributed by atoms with Gasteiger partial charge in [0.15, 0.2) is 0 Å². The lowest BCUT2D eigenvalue weighted by Gasteiger charge is -2.22. The van der Waals surface area contributed by atoms with Crippen molar-refractivity contribution in [2.24, 2.45) is 0 Å². The summed E-state index contributed by atoms with van der Waals surface area (Å²) in [6.45, 7) is 7.85. The number of aryl methyl sites for hydroxylation is 1. The van der Waals surface area contributed by atoms with Gasteiger partial charge in [-0.1, -0.05) is 61.9 Å². The third-order valence-corrected chi connectivity index (χ3v) is 4.57. The van der Waals surface area contributed by atoms with Crippen molar-refractivity contribution in [3.05, 3.63) is 65.7 Å². The summed E-state index contributed by atoms with van der Waals surface area (Å²) in [7, 11) is 0. The lowest BCUT2D eigenvalue weighted by Crippen LogP contribution is -2.32. The molecule has 1 heterocycles. The second kappa shape index (κ2) is 8.13. The molecular weight excluding hydrogens is 320 g/mol. The first-order chi connectivity index (χ1) is 12.6. The molecule has 0 spiro atoms. The molecule has 3 aromatic rings. The predicted molar refractivity (Wildman–Crippen MR) is 108 cm³/mol. The molecule has 0 saturated carbocycles. The van der Waals surface area contributed by atoms with E-state index in [9.17, 15) is 4.79 Å². The average Bonchev–Trinajstić information content (AvgIpc) is 2.67. The van der Waals surface area contributed by atoms with Crippen LogP contribution in [-0.2, 0) is 0 Å². The van der Waals surface area contributed by atoms with Crippen LogP contribution in [0.1, 0.15) is 42.6 Å². The zero-order chi connectivity index (χ0) is 18.5. The maximum Gasteiger partial charge on any atom is 0.254 e. The van der Waals surface area contributed by atoms with E-state index in [4.69, 9.17) is 4.98 Å². The van der Waals surface area contributed by atoms with Gasteiger partial charge in [-0.3, -0.25) is 4.79 Å². The molecule has 2 aromatic carbocycles. The molecule has 0 atom stereocenters. The molecule has 0 N–H and O–H groups in total. The second-order valence-corrected chi connectivity index (χ2v) is 6.73. The number of benzene rings is 2. The molecular formula is C23H26N2O. The summed E-state index contributed by atoms with van der Waals surface area (Å²) < 4.78 is 0. The number of rotatable bonds is 6. The van der Waals surface area contributed by atoms with Gasteiger partial charge in [-0.25, -0.2) is 4.98 Å². The summed E-state index contributed by atoms with van der Waals surface area (Å²) in [4.78, 5) is 20.0. The quantitative estimate of drug-likeness (QED) is 0.593. The van der Waals surface area contributed by atoms with Crippen molar-refractivity contribution in [1.82, 2.24) is 9.88 Å². The lowest BCUT2D eigenvalue weighted by atomic mass is 10.0. The Morgan fingerprint density at radius 2 is 1.62 bits per heavy atom. The van der Waals surface area contributed by atoms with Crippen LogP contribution in [0.4, 0.5) is 0 Å². The summed E-state index contributed by atoms with van der Waals surface area (Å²) in [5.41, 5.74) is 4.70. The molecule has 1 amide bonds. The van der Waals surface area contributed by atoms with Crippen LogP contribution < -0.4 is 0 Å². The van der Waals surface area contributed by atoms with E-state index in [0.717, 1.165) is 53.7 Å². The fourth-order valence-corrected chi connectivity index (χ4v) is 3.25. The number of hydrogen-bond donors (Lipinski definition) is 0. The van der Waals surface area contributed by atoms with Gasteiger partial charge in [0.05, 0.1) is 16.8 Å². The van der Waals surface area contributed by atoms with Crippen LogP contribution in [0.3, 0.4) is 0 Å². The largest absolute Gasteiger partial charge is 0.339 e. The number of pyridine rings is 1. The summed E-state index contributed by atoms with van der Waals surface area (Å²) in [5.74, 6) is 0.0978. The fraction of sp³-hybridized carbons (Fsp3) is 0.304. The molecule has 3 rings (SSSR count). The smallest absolute Gasteiger partial charge is 0.254 e. The van der Waals surface area contributed by atoms with Crippen LogP contribution in [0.25, 0.3) is 22.2 Å². The van der Waals surface area contributed by atoms with Crippen molar-refractivity contribution in [3.8, 4) is 11.3 Å². The van der Waals surface area contributed by atoms with Gasteiger partial charge in [-0.15, -0.1) is 0 Å². The number of aromatic nitrogens is 1. The predicted octanol–water partition coefficient (Wildman–Crippen LogP) is 5.47. The molecule has 0 aliphatic carbocycles. The fourth-order valence-electron chi connectivity index (χ4n) is 3.25. The van der Waals surface area contributed by atoms with Crippen molar-refractivity contribution < 1.29 is 4.79 Å². The van der Waals surface area contributed by atoms with Crippen LogP contribution in [0.2, 0.25) is 0 Å². The molecule has 0 aliphatic heterocycles. The van der Waals surface area contributed by atoms with E-state index in [1.807, 2.05) is 35.2 Å². The van der Waals surface area contributed by atoms with Crippen molar-refractivity contribution in [1.29, 1.82) is 0 Å². The third kappa shape index (κ3) is 3.77. The maximum absolute atomic E-state index is 13.3. The topological polar surface area (TPSA) is 33.2 Å². The molecule has 26 heavy (non-hydrogen) atoms. The SMILES string of the molecule is CCCN(CCC)C(=O)c1cc(-c2ccc(C)cc2)nc2ccccc12. The number of carbonyl (C=O) groups is 1. The molecule has 0 bridgehead atoms. The molecule has 3 heteroatoms. The van der Waals surface area contributed by atoms with Crippen molar-refractivity contribution in [2.75, 3.05) is 13.1 Å². The van der Waals surface area contributed by atoms with E-state index in [1.54, 1.807) is 0 Å². The van der Waals surface area contributed by atoms with Crippen LogP contribution >= 0.6 is 0 Å². The highest BCUT2D eigenvalue weighted by molar-refractivity contribution is 6.07. The Bertz CT molecular complexity index is 894. The van der Waals surface area contributed by atoms with E-state index < -0.39 is 0 Å². The monoisotopic (exact) mass is 346 g/mol. The van der Waals surface area contributed by atoms with E-state index in [1.165, 1.54) is 5.56 Å². The van der Waals surface area contributed by atoms with Crippen LogP contribution in [-0.4, -0.2) is 28.9 Å². The highest BCUT2D eigenvalue weighted by Crippen LogP contribution is 2.26. The first-order valence-electron chi connectivity index (χ1n) is 9.40. The van der Waals surface area contributed by atoms with Gasteiger partial charge in [-0.2, -0.15) is 0 Å². The normalized spacial score (nSPS) is 10.9. The van der Waals surface area contributed by atoms with E-state index in [-0.39, 0.29) is 5.91 Å². The van der Waals surface area contributed by atoms with Gasteiger partial charge in [0.2, 0.25) is 0 Å². The van der Waals surface area contributed by atoms with Gasteiger partial charge >= 0.3 is 0 Å². The number of nitrogens with zero attached hydrogens (tertiary/aromatic N) is 2. The molecule has 134 valence electrons. The van der Waals surface area contributed by atoms with Crippen LogP contribution in [0, 0.1) is 6.92 Å². The molecule has 1 aromatic heterocycles. The average molecular weight is 346 g/mol. The number of para-hydroxylation sites is 1. The number of fused-ring (bicyclic) bond motifs is 1. The third-order valence-electron chi connectivity index (χ3n) is 4.57. The highest BCUT2D eigenvalue weighted by Gasteiger charge is 2.19. The molecule has 0 radical (unpaired) electrons. The highest BCUT2D eigenvalue weighted by atomic mass is 16.2. The first-order valence-corrected chi connectivity index (χ1v) is 9.40. The number of carbonyl (C=O) groups excluding carboxylic acids is 1. The summed E-state index contributed by atoms with van der Waals surface area (Å²) in [6, 6.07) is 18.1. The lowest BCUT2D eigenvalue weighted by molar-refractivity contribution is 0.0757. The minimum absolute atomic E-state index is 0.0978. The summed E-state index contributed by atoms with van der Waals surface area (Å²) in [5, 5.41) is 0.922. The number of amides is 1. The second-order valence-electron chi connectivity index (χ2n) is 6.73. The zero-order valence-electron chi connectivity index (χ0n) is 15.8. The van der Waals surface area contributed by atoms with E-state index in [2.05, 4.69) is 45.0 Å². The molecule has 0 fully saturated rings.